The van der Waals surface area contributed by atoms with Gasteiger partial charge in [-0.25, -0.2) is 0 Å². The Balaban J connectivity index is 0.000000152. The summed E-state index contributed by atoms with van der Waals surface area (Å²) < 4.78 is 9.38. The predicted octanol–water partition coefficient (Wildman–Crippen LogP) is 34.6. The third-order valence-electron chi connectivity index (χ3n) is 23.9. The normalized spacial score (nSPS) is 11.2. The Bertz CT molecular complexity index is 6850. The van der Waals surface area contributed by atoms with Crippen LogP contribution in [0.2, 0.25) is 0 Å². The van der Waals surface area contributed by atoms with Gasteiger partial charge in [0.25, 0.3) is 0 Å². The van der Waals surface area contributed by atoms with Crippen molar-refractivity contribution in [2.75, 3.05) is 9.80 Å². The van der Waals surface area contributed by atoms with Gasteiger partial charge < -0.3 is 14.2 Å². The third-order valence-corrected chi connectivity index (χ3v) is 25.1. The summed E-state index contributed by atoms with van der Waals surface area (Å²) in [4.78, 5) is 4.67. The van der Waals surface area contributed by atoms with E-state index in [1.54, 1.807) is 0 Å². The molecule has 584 valence electrons. The summed E-state index contributed by atoms with van der Waals surface area (Å²) in [6.45, 7) is 0. The van der Waals surface area contributed by atoms with E-state index in [1.807, 2.05) is 17.4 Å². The molecule has 0 aliphatic heterocycles. The summed E-state index contributed by atoms with van der Waals surface area (Å²) in [6.07, 6.45) is 0. The number of rotatable bonds is 18. The Labute approximate surface area is 727 Å². The molecular formula is C120H82N2OS. The minimum atomic E-state index is 0.913. The van der Waals surface area contributed by atoms with Crippen molar-refractivity contribution < 1.29 is 4.42 Å². The van der Waals surface area contributed by atoms with E-state index in [1.165, 1.54) is 126 Å². The average Bonchev–Trinajstić information content (AvgIpc) is 1.60. The number of thiophene rings is 1. The standard InChI is InChI=1S/C60H41NO.C60H41NS/c2*1-4-13-42(14-5-1)44-29-35-52(36-30-44)61(53-37-31-45(32-38-53)43-15-6-2-7-16-43)54-39-33-47(34-40-54)51-20-10-19-50(41-51)46-25-27-49(28-26-46)56-22-12-24-58-57-23-11-21-55(59(57)62-60(56)58)48-17-8-3-9-18-48/h2*1-41H. The van der Waals surface area contributed by atoms with Crippen LogP contribution in [0.1, 0.15) is 0 Å². The highest BCUT2D eigenvalue weighted by Crippen LogP contribution is 2.47. The maximum atomic E-state index is 6.72. The molecule has 3 nitrogen and oxygen atoms in total. The van der Waals surface area contributed by atoms with E-state index >= 15 is 0 Å². The van der Waals surface area contributed by atoms with Crippen LogP contribution in [0.5, 0.6) is 0 Å². The first-order valence-corrected chi connectivity index (χ1v) is 43.1. The molecule has 2 heterocycles. The largest absolute Gasteiger partial charge is 0.455 e. The minimum absolute atomic E-state index is 0.913. The molecule has 0 saturated heterocycles. The van der Waals surface area contributed by atoms with Crippen LogP contribution < -0.4 is 9.80 Å². The van der Waals surface area contributed by atoms with Crippen LogP contribution in [0.3, 0.4) is 0 Å². The van der Waals surface area contributed by atoms with E-state index in [9.17, 15) is 0 Å². The van der Waals surface area contributed by atoms with Crippen LogP contribution >= 0.6 is 11.3 Å². The zero-order valence-corrected chi connectivity index (χ0v) is 68.9. The molecule has 0 N–H and O–H groups in total. The lowest BCUT2D eigenvalue weighted by Crippen LogP contribution is -2.09. The van der Waals surface area contributed by atoms with Gasteiger partial charge in [-0.1, -0.05) is 413 Å². The molecule has 22 rings (SSSR count). The van der Waals surface area contributed by atoms with Gasteiger partial charge in [0.15, 0.2) is 0 Å². The Morgan fingerprint density at radius 2 is 0.315 bits per heavy atom. The number of hydrogen-bond acceptors (Lipinski definition) is 4. The van der Waals surface area contributed by atoms with Gasteiger partial charge in [-0.2, -0.15) is 0 Å². The van der Waals surface area contributed by atoms with Gasteiger partial charge in [-0.15, -0.1) is 11.3 Å². The second kappa shape index (κ2) is 34.0. The highest BCUT2D eigenvalue weighted by molar-refractivity contribution is 7.26. The van der Waals surface area contributed by atoms with Gasteiger partial charge in [0.05, 0.1) is 0 Å². The molecule has 20 aromatic carbocycles. The number of nitrogens with zero attached hydrogens (tertiary/aromatic N) is 2. The van der Waals surface area contributed by atoms with Crippen molar-refractivity contribution in [3.05, 3.63) is 497 Å². The van der Waals surface area contributed by atoms with Gasteiger partial charge in [0.1, 0.15) is 11.2 Å². The summed E-state index contributed by atoms with van der Waals surface area (Å²) in [6, 6.07) is 179. The molecule has 0 amide bonds. The molecule has 2 aromatic heterocycles. The lowest BCUT2D eigenvalue weighted by Gasteiger charge is -2.26. The number of anilines is 6. The lowest BCUT2D eigenvalue weighted by atomic mass is 9.96. The number of para-hydroxylation sites is 2. The summed E-state index contributed by atoms with van der Waals surface area (Å²) in [5.74, 6) is 0. The van der Waals surface area contributed by atoms with Gasteiger partial charge >= 0.3 is 0 Å². The van der Waals surface area contributed by atoms with Crippen LogP contribution in [-0.2, 0) is 0 Å². The van der Waals surface area contributed by atoms with Crippen LogP contribution in [0, 0.1) is 0 Å². The molecule has 0 saturated carbocycles. The quantitative estimate of drug-likeness (QED) is 0.0854. The molecule has 124 heavy (non-hydrogen) atoms. The first kappa shape index (κ1) is 75.5. The monoisotopic (exact) mass is 1600 g/mol. The predicted molar refractivity (Wildman–Crippen MR) is 528 cm³/mol. The van der Waals surface area contributed by atoms with E-state index in [0.29, 0.717) is 0 Å². The van der Waals surface area contributed by atoms with E-state index < -0.39 is 0 Å². The van der Waals surface area contributed by atoms with Crippen molar-refractivity contribution in [1.82, 2.24) is 0 Å². The maximum Gasteiger partial charge on any atom is 0.143 e. The van der Waals surface area contributed by atoms with Gasteiger partial charge in [-0.05, 0) is 207 Å². The molecule has 0 aliphatic carbocycles. The van der Waals surface area contributed by atoms with Crippen LogP contribution in [-0.4, -0.2) is 0 Å². The number of fused-ring (bicyclic) bond motifs is 6. The van der Waals surface area contributed by atoms with E-state index in [-0.39, 0.29) is 0 Å². The Kier molecular flexibility index (Phi) is 20.7. The van der Waals surface area contributed by atoms with E-state index in [0.717, 1.165) is 83.9 Å². The summed E-state index contributed by atoms with van der Waals surface area (Å²) in [7, 11) is 0. The van der Waals surface area contributed by atoms with Crippen molar-refractivity contribution in [1.29, 1.82) is 0 Å². The lowest BCUT2D eigenvalue weighted by molar-refractivity contribution is 0.671. The second-order valence-corrected chi connectivity index (χ2v) is 32.4. The Hall–Kier alpha value is -16.0. The molecule has 0 radical (unpaired) electrons. The first-order chi connectivity index (χ1) is 61.5. The molecule has 0 bridgehead atoms. The molecule has 4 heteroatoms. The topological polar surface area (TPSA) is 19.6 Å². The van der Waals surface area contributed by atoms with Crippen molar-refractivity contribution in [2.45, 2.75) is 0 Å². The Morgan fingerprint density at radius 3 is 0.589 bits per heavy atom. The van der Waals surface area contributed by atoms with Crippen molar-refractivity contribution in [3.63, 3.8) is 0 Å². The molecule has 0 aliphatic rings. The maximum absolute atomic E-state index is 6.72. The van der Waals surface area contributed by atoms with Crippen LogP contribution in [0.4, 0.5) is 34.1 Å². The summed E-state index contributed by atoms with van der Waals surface area (Å²) in [5.41, 5.74) is 37.0. The summed E-state index contributed by atoms with van der Waals surface area (Å²) in [5, 5.41) is 4.89. The second-order valence-electron chi connectivity index (χ2n) is 31.4. The Morgan fingerprint density at radius 1 is 0.137 bits per heavy atom. The van der Waals surface area contributed by atoms with Crippen molar-refractivity contribution in [3.8, 4) is 134 Å². The zero-order valence-electron chi connectivity index (χ0n) is 68.1. The third kappa shape index (κ3) is 15.3. The number of hydrogen-bond donors (Lipinski definition) is 0. The van der Waals surface area contributed by atoms with Crippen molar-refractivity contribution >= 4 is 87.6 Å². The molecule has 0 atom stereocenters. The number of furan rings is 1. The molecule has 0 unspecified atom stereocenters. The van der Waals surface area contributed by atoms with Crippen LogP contribution in [0.25, 0.3) is 176 Å². The fourth-order valence-electron chi connectivity index (χ4n) is 17.5. The smallest absolute Gasteiger partial charge is 0.143 e. The van der Waals surface area contributed by atoms with Crippen LogP contribution in [0.15, 0.2) is 502 Å². The SMILES string of the molecule is c1ccc(-c2ccc(N(c3ccc(-c4ccccc4)cc3)c3ccc(-c4cccc(-c5ccc(-c6cccc7c6oc6c(-c8ccccc8)cccc67)cc5)c4)cc3)cc2)cc1.c1ccc(-c2ccc(N(c3ccc(-c4ccccc4)cc3)c3ccc(-c4cccc(-c5ccc(-c6cccc7c6sc6c(-c8ccccc8)cccc67)cc5)c4)cc3)cc2)cc1. The van der Waals surface area contributed by atoms with Gasteiger partial charge in [0.2, 0.25) is 0 Å². The fourth-order valence-corrected chi connectivity index (χ4v) is 18.8. The molecular weight excluding hydrogens is 1520 g/mol. The average molecular weight is 1600 g/mol. The first-order valence-electron chi connectivity index (χ1n) is 42.3. The fraction of sp³-hybridized carbons (Fsp3) is 0. The highest BCUT2D eigenvalue weighted by Gasteiger charge is 2.21. The molecule has 0 fully saturated rings. The van der Waals surface area contributed by atoms with E-state index in [4.69, 9.17) is 4.42 Å². The van der Waals surface area contributed by atoms with Gasteiger partial charge in [0, 0.05) is 76.2 Å². The van der Waals surface area contributed by atoms with Crippen molar-refractivity contribution in [2.24, 2.45) is 0 Å². The molecule has 22 aromatic rings. The summed E-state index contributed by atoms with van der Waals surface area (Å²) >= 11 is 1.90. The minimum Gasteiger partial charge on any atom is -0.455 e. The van der Waals surface area contributed by atoms with Gasteiger partial charge in [-0.3, -0.25) is 0 Å². The molecule has 0 spiro atoms. The van der Waals surface area contributed by atoms with E-state index in [2.05, 4.69) is 501 Å². The zero-order chi connectivity index (χ0) is 82.5. The number of benzene rings is 20. The highest BCUT2D eigenvalue weighted by atomic mass is 32.1.